The number of thiophene rings is 1. The molecule has 0 bridgehead atoms. The molecule has 0 spiro atoms. The first-order chi connectivity index (χ1) is 6.19. The molecule has 0 amide bonds. The van der Waals surface area contributed by atoms with E-state index in [-0.39, 0.29) is 6.61 Å². The summed E-state index contributed by atoms with van der Waals surface area (Å²) in [5, 5.41) is 17.8. The monoisotopic (exact) mass is 202 g/mol. The summed E-state index contributed by atoms with van der Waals surface area (Å²) in [6.07, 6.45) is -0.914. The first-order valence-electron chi connectivity index (χ1n) is 3.66. The molecule has 1 unspecified atom stereocenters. The van der Waals surface area contributed by atoms with Gasteiger partial charge in [-0.2, -0.15) is 0 Å². The van der Waals surface area contributed by atoms with Gasteiger partial charge >= 0.3 is 5.97 Å². The Kier molecular flexibility index (Phi) is 3.41. The fourth-order valence-electron chi connectivity index (χ4n) is 0.832. The maximum atomic E-state index is 11.0. The molecule has 1 aromatic rings. The van der Waals surface area contributed by atoms with Crippen molar-refractivity contribution in [1.82, 2.24) is 0 Å². The summed E-state index contributed by atoms with van der Waals surface area (Å²) in [5.41, 5.74) is 0. The van der Waals surface area contributed by atoms with Crippen LogP contribution in [0.1, 0.15) is 20.7 Å². The van der Waals surface area contributed by atoms with Crippen molar-refractivity contribution in [2.75, 3.05) is 13.7 Å². The third kappa shape index (κ3) is 2.27. The number of hydrogen-bond donors (Lipinski definition) is 2. The molecule has 0 saturated carbocycles. The van der Waals surface area contributed by atoms with Crippen LogP contribution >= 0.6 is 11.3 Å². The van der Waals surface area contributed by atoms with Gasteiger partial charge in [-0.25, -0.2) is 4.79 Å². The van der Waals surface area contributed by atoms with Crippen LogP contribution < -0.4 is 0 Å². The Balaban J connectivity index is 2.80. The van der Waals surface area contributed by atoms with Gasteiger partial charge in [-0.1, -0.05) is 0 Å². The molecule has 1 aromatic heterocycles. The molecule has 0 aliphatic rings. The molecule has 0 aliphatic carbocycles. The van der Waals surface area contributed by atoms with Crippen LogP contribution in [0.3, 0.4) is 0 Å². The highest BCUT2D eigenvalue weighted by atomic mass is 32.1. The van der Waals surface area contributed by atoms with E-state index < -0.39 is 12.1 Å². The highest BCUT2D eigenvalue weighted by molar-refractivity contribution is 7.14. The standard InChI is InChI=1S/C8H10O4S/c1-12-8(11)7-3-2-6(13-7)5(10)4-9/h2-3,5,9-10H,4H2,1H3. The van der Waals surface area contributed by atoms with Gasteiger partial charge in [-0.3, -0.25) is 0 Å². The highest BCUT2D eigenvalue weighted by Gasteiger charge is 2.13. The lowest BCUT2D eigenvalue weighted by Gasteiger charge is -2.01. The molecule has 0 aliphatic heterocycles. The molecule has 1 heterocycles. The molecular formula is C8H10O4S. The molecule has 5 heteroatoms. The molecular weight excluding hydrogens is 192 g/mol. The van der Waals surface area contributed by atoms with Gasteiger partial charge in [0.15, 0.2) is 0 Å². The van der Waals surface area contributed by atoms with E-state index in [1.807, 2.05) is 0 Å². The van der Waals surface area contributed by atoms with Crippen LogP contribution in [0.2, 0.25) is 0 Å². The van der Waals surface area contributed by atoms with Crippen molar-refractivity contribution in [3.63, 3.8) is 0 Å². The van der Waals surface area contributed by atoms with Crippen LogP contribution in [0.25, 0.3) is 0 Å². The van der Waals surface area contributed by atoms with Crippen LogP contribution in [0.4, 0.5) is 0 Å². The molecule has 2 N–H and O–H groups in total. The van der Waals surface area contributed by atoms with E-state index in [0.717, 1.165) is 11.3 Å². The fourth-order valence-corrected chi connectivity index (χ4v) is 1.74. The van der Waals surface area contributed by atoms with Crippen molar-refractivity contribution in [3.05, 3.63) is 21.9 Å². The topological polar surface area (TPSA) is 66.8 Å². The number of esters is 1. The van der Waals surface area contributed by atoms with E-state index in [9.17, 15) is 9.90 Å². The number of methoxy groups -OCH3 is 1. The number of ether oxygens (including phenoxy) is 1. The van der Waals surface area contributed by atoms with Gasteiger partial charge in [0.25, 0.3) is 0 Å². The molecule has 0 aromatic carbocycles. The summed E-state index contributed by atoms with van der Waals surface area (Å²) in [5.74, 6) is -0.429. The van der Waals surface area contributed by atoms with Crippen LogP contribution in [0.5, 0.6) is 0 Å². The van der Waals surface area contributed by atoms with Crippen LogP contribution in [0.15, 0.2) is 12.1 Å². The number of rotatable bonds is 3. The van der Waals surface area contributed by atoms with Crippen molar-refractivity contribution >= 4 is 17.3 Å². The van der Waals surface area contributed by atoms with E-state index >= 15 is 0 Å². The van der Waals surface area contributed by atoms with Crippen LogP contribution in [0, 0.1) is 0 Å². The molecule has 13 heavy (non-hydrogen) atoms. The maximum Gasteiger partial charge on any atom is 0.348 e. The molecule has 0 radical (unpaired) electrons. The van der Waals surface area contributed by atoms with E-state index in [1.165, 1.54) is 7.11 Å². The van der Waals surface area contributed by atoms with Gasteiger partial charge < -0.3 is 14.9 Å². The minimum atomic E-state index is -0.914. The van der Waals surface area contributed by atoms with Gasteiger partial charge in [-0.05, 0) is 12.1 Å². The summed E-state index contributed by atoms with van der Waals surface area (Å²) in [4.78, 5) is 12.0. The molecule has 4 nitrogen and oxygen atoms in total. The minimum absolute atomic E-state index is 0.346. The number of hydrogen-bond acceptors (Lipinski definition) is 5. The predicted octanol–water partition coefficient (Wildman–Crippen LogP) is 0.560. The average Bonchev–Trinajstić information content (AvgIpc) is 2.64. The first kappa shape index (κ1) is 10.2. The Labute approximate surface area is 79.4 Å². The third-order valence-electron chi connectivity index (χ3n) is 1.51. The van der Waals surface area contributed by atoms with Crippen molar-refractivity contribution in [2.24, 2.45) is 0 Å². The average molecular weight is 202 g/mol. The van der Waals surface area contributed by atoms with E-state index in [2.05, 4.69) is 4.74 Å². The van der Waals surface area contributed by atoms with Gasteiger partial charge in [0.1, 0.15) is 11.0 Å². The second kappa shape index (κ2) is 4.36. The summed E-state index contributed by atoms with van der Waals surface area (Å²) >= 11 is 1.11. The SMILES string of the molecule is COC(=O)c1ccc(C(O)CO)s1. The van der Waals surface area contributed by atoms with Gasteiger partial charge in [0.05, 0.1) is 13.7 Å². The smallest absolute Gasteiger partial charge is 0.348 e. The molecule has 1 rings (SSSR count). The Morgan fingerprint density at radius 2 is 2.38 bits per heavy atom. The van der Waals surface area contributed by atoms with Crippen molar-refractivity contribution in [2.45, 2.75) is 6.10 Å². The zero-order valence-electron chi connectivity index (χ0n) is 7.06. The minimum Gasteiger partial charge on any atom is -0.465 e. The first-order valence-corrected chi connectivity index (χ1v) is 4.47. The lowest BCUT2D eigenvalue weighted by molar-refractivity contribution is 0.0606. The Bertz CT molecular complexity index is 294. The third-order valence-corrected chi connectivity index (χ3v) is 2.68. The fraction of sp³-hybridized carbons (Fsp3) is 0.375. The molecule has 1 atom stereocenters. The quantitative estimate of drug-likeness (QED) is 0.703. The number of aliphatic hydroxyl groups is 2. The predicted molar refractivity (Wildman–Crippen MR) is 47.7 cm³/mol. The maximum absolute atomic E-state index is 11.0. The van der Waals surface area contributed by atoms with Crippen molar-refractivity contribution in [3.8, 4) is 0 Å². The van der Waals surface area contributed by atoms with Crippen LogP contribution in [-0.4, -0.2) is 29.9 Å². The lowest BCUT2D eigenvalue weighted by atomic mass is 10.3. The second-order valence-electron chi connectivity index (χ2n) is 2.39. The largest absolute Gasteiger partial charge is 0.465 e. The number of aliphatic hydroxyl groups excluding tert-OH is 2. The summed E-state index contributed by atoms with van der Waals surface area (Å²) in [6, 6.07) is 3.16. The lowest BCUT2D eigenvalue weighted by Crippen LogP contribution is -1.99. The Hall–Kier alpha value is -0.910. The Morgan fingerprint density at radius 1 is 1.69 bits per heavy atom. The number of carbonyl (C=O) groups is 1. The Morgan fingerprint density at radius 3 is 2.92 bits per heavy atom. The number of carbonyl (C=O) groups excluding carboxylic acids is 1. The molecule has 0 saturated heterocycles. The highest BCUT2D eigenvalue weighted by Crippen LogP contribution is 2.23. The van der Waals surface area contributed by atoms with Gasteiger partial charge in [0.2, 0.25) is 0 Å². The molecule has 0 fully saturated rings. The van der Waals surface area contributed by atoms with E-state index in [0.29, 0.717) is 9.75 Å². The van der Waals surface area contributed by atoms with E-state index in [4.69, 9.17) is 5.11 Å². The van der Waals surface area contributed by atoms with Gasteiger partial charge in [0, 0.05) is 4.88 Å². The normalized spacial score (nSPS) is 12.5. The van der Waals surface area contributed by atoms with E-state index in [1.54, 1.807) is 12.1 Å². The second-order valence-corrected chi connectivity index (χ2v) is 3.51. The van der Waals surface area contributed by atoms with Gasteiger partial charge in [-0.15, -0.1) is 11.3 Å². The summed E-state index contributed by atoms with van der Waals surface area (Å²) in [6.45, 7) is -0.346. The summed E-state index contributed by atoms with van der Waals surface area (Å²) < 4.78 is 4.49. The summed E-state index contributed by atoms with van der Waals surface area (Å²) in [7, 11) is 1.30. The van der Waals surface area contributed by atoms with Crippen molar-refractivity contribution in [1.29, 1.82) is 0 Å². The van der Waals surface area contributed by atoms with Crippen LogP contribution in [-0.2, 0) is 4.74 Å². The zero-order chi connectivity index (χ0) is 9.84. The zero-order valence-corrected chi connectivity index (χ0v) is 7.87. The van der Waals surface area contributed by atoms with Crippen molar-refractivity contribution < 1.29 is 19.7 Å². The molecule has 72 valence electrons.